The third kappa shape index (κ3) is 2.51. The summed E-state index contributed by atoms with van der Waals surface area (Å²) in [6.07, 6.45) is 5.17. The molecule has 1 aliphatic carbocycles. The Balaban J connectivity index is 1.71. The highest BCUT2D eigenvalue weighted by Crippen LogP contribution is 2.31. The van der Waals surface area contributed by atoms with E-state index < -0.39 is 0 Å². The largest absolute Gasteiger partial charge is 0.365 e. The van der Waals surface area contributed by atoms with Crippen LogP contribution in [0.3, 0.4) is 0 Å². The summed E-state index contributed by atoms with van der Waals surface area (Å²) < 4.78 is 0. The number of nitrogens with one attached hydrogen (secondary N) is 1. The van der Waals surface area contributed by atoms with E-state index in [2.05, 4.69) is 16.4 Å². The summed E-state index contributed by atoms with van der Waals surface area (Å²) in [5.74, 6) is 0.552. The number of fused-ring (bicyclic) bond motifs is 1. The highest BCUT2D eigenvalue weighted by atomic mass is 32.1. The summed E-state index contributed by atoms with van der Waals surface area (Å²) in [6.45, 7) is 2.36. The molecule has 0 atom stereocenters. The molecule has 0 spiro atoms. The first-order valence-electron chi connectivity index (χ1n) is 6.59. The van der Waals surface area contributed by atoms with Crippen LogP contribution in [0, 0.1) is 17.0 Å². The van der Waals surface area contributed by atoms with Crippen LogP contribution >= 0.6 is 11.3 Å². The molecule has 20 heavy (non-hydrogen) atoms. The van der Waals surface area contributed by atoms with Crippen molar-refractivity contribution in [3.8, 4) is 0 Å². The standard InChI is InChI=1S/C14H15N3O2S/c1-9-7-15-14(6-12(9)17(18)19)16-8-11-5-10-3-2-4-13(10)20-11/h5-7H,2-4,8H2,1H3,(H,15,16). The Morgan fingerprint density at radius 3 is 3.05 bits per heavy atom. The molecule has 2 aromatic heterocycles. The average molecular weight is 289 g/mol. The maximum absolute atomic E-state index is 10.9. The first-order chi connectivity index (χ1) is 9.63. The van der Waals surface area contributed by atoms with Crippen molar-refractivity contribution in [2.45, 2.75) is 32.7 Å². The van der Waals surface area contributed by atoms with E-state index in [9.17, 15) is 10.1 Å². The summed E-state index contributed by atoms with van der Waals surface area (Å²) in [6, 6.07) is 3.74. The van der Waals surface area contributed by atoms with Crippen LogP contribution in [0.4, 0.5) is 11.5 Å². The van der Waals surface area contributed by atoms with E-state index in [1.54, 1.807) is 6.92 Å². The van der Waals surface area contributed by atoms with Crippen LogP contribution in [0.1, 0.15) is 27.3 Å². The molecule has 6 heteroatoms. The van der Waals surface area contributed by atoms with Crippen LogP contribution in [-0.4, -0.2) is 9.91 Å². The zero-order valence-electron chi connectivity index (χ0n) is 11.2. The molecule has 0 unspecified atom stereocenters. The zero-order valence-corrected chi connectivity index (χ0v) is 12.0. The quantitative estimate of drug-likeness (QED) is 0.691. The second-order valence-corrected chi connectivity index (χ2v) is 6.20. The smallest absolute Gasteiger partial charge is 0.277 e. The molecule has 0 bridgehead atoms. The molecule has 0 radical (unpaired) electrons. The molecule has 0 aliphatic heterocycles. The molecule has 0 amide bonds. The van der Waals surface area contributed by atoms with Gasteiger partial charge in [-0.25, -0.2) is 4.98 Å². The number of aryl methyl sites for hydroxylation is 3. The highest BCUT2D eigenvalue weighted by Gasteiger charge is 2.15. The zero-order chi connectivity index (χ0) is 14.1. The Morgan fingerprint density at radius 2 is 2.30 bits per heavy atom. The van der Waals surface area contributed by atoms with Gasteiger partial charge in [-0.05, 0) is 37.8 Å². The van der Waals surface area contributed by atoms with Gasteiger partial charge < -0.3 is 5.32 Å². The number of hydrogen-bond donors (Lipinski definition) is 1. The number of anilines is 1. The maximum Gasteiger partial charge on any atom is 0.277 e. The van der Waals surface area contributed by atoms with Gasteiger partial charge >= 0.3 is 0 Å². The summed E-state index contributed by atoms with van der Waals surface area (Å²) in [5.41, 5.74) is 2.15. The molecule has 0 aromatic carbocycles. The lowest BCUT2D eigenvalue weighted by atomic mass is 10.2. The Bertz CT molecular complexity index is 645. The van der Waals surface area contributed by atoms with Crippen LogP contribution in [0.15, 0.2) is 18.3 Å². The predicted octanol–water partition coefficient (Wildman–Crippen LogP) is 3.46. The fourth-order valence-electron chi connectivity index (χ4n) is 2.46. The average Bonchev–Trinajstić information content (AvgIpc) is 2.98. The minimum absolute atomic E-state index is 0.108. The summed E-state index contributed by atoms with van der Waals surface area (Å²) in [7, 11) is 0. The van der Waals surface area contributed by atoms with Gasteiger partial charge in [-0.2, -0.15) is 0 Å². The van der Waals surface area contributed by atoms with Gasteiger partial charge in [-0.1, -0.05) is 0 Å². The molecule has 2 aromatic rings. The number of hydrogen-bond acceptors (Lipinski definition) is 5. The lowest BCUT2D eigenvalue weighted by molar-refractivity contribution is -0.385. The second-order valence-electron chi connectivity index (χ2n) is 4.98. The van der Waals surface area contributed by atoms with Crippen molar-refractivity contribution in [3.05, 3.63) is 49.3 Å². The number of nitrogens with zero attached hydrogens (tertiary/aromatic N) is 2. The Hall–Kier alpha value is -1.95. The first kappa shape index (κ1) is 13.1. The number of pyridine rings is 1. The van der Waals surface area contributed by atoms with E-state index in [4.69, 9.17) is 0 Å². The van der Waals surface area contributed by atoms with E-state index in [0.29, 0.717) is 17.9 Å². The van der Waals surface area contributed by atoms with Crippen molar-refractivity contribution in [2.75, 3.05) is 5.32 Å². The number of rotatable bonds is 4. The SMILES string of the molecule is Cc1cnc(NCc2cc3c(s2)CCC3)cc1[N+](=O)[O-]. The third-order valence-corrected chi connectivity index (χ3v) is 4.75. The van der Waals surface area contributed by atoms with Gasteiger partial charge in [0.05, 0.1) is 17.5 Å². The minimum atomic E-state index is -0.373. The number of aromatic nitrogens is 1. The molecule has 0 saturated heterocycles. The van der Waals surface area contributed by atoms with Gasteiger partial charge in [-0.3, -0.25) is 10.1 Å². The van der Waals surface area contributed by atoms with Gasteiger partial charge in [0.25, 0.3) is 5.69 Å². The lowest BCUT2D eigenvalue weighted by Crippen LogP contribution is -2.02. The number of nitro groups is 1. The predicted molar refractivity (Wildman–Crippen MR) is 79.3 cm³/mol. The van der Waals surface area contributed by atoms with E-state index in [1.807, 2.05) is 11.3 Å². The van der Waals surface area contributed by atoms with Crippen molar-refractivity contribution in [1.29, 1.82) is 0 Å². The van der Waals surface area contributed by atoms with Gasteiger partial charge in [0, 0.05) is 21.5 Å². The first-order valence-corrected chi connectivity index (χ1v) is 7.40. The molecule has 2 heterocycles. The van der Waals surface area contributed by atoms with Crippen LogP contribution in [0.25, 0.3) is 0 Å². The molecule has 3 rings (SSSR count). The van der Waals surface area contributed by atoms with E-state index in [-0.39, 0.29) is 10.6 Å². The Kier molecular flexibility index (Phi) is 3.40. The molecule has 1 N–H and O–H groups in total. The number of thiophene rings is 1. The molecule has 0 fully saturated rings. The van der Waals surface area contributed by atoms with Crippen molar-refractivity contribution in [3.63, 3.8) is 0 Å². The summed E-state index contributed by atoms with van der Waals surface area (Å²) in [4.78, 5) is 17.5. The van der Waals surface area contributed by atoms with Crippen LogP contribution in [-0.2, 0) is 19.4 Å². The molecule has 5 nitrogen and oxygen atoms in total. The van der Waals surface area contributed by atoms with Crippen LogP contribution < -0.4 is 5.32 Å². The maximum atomic E-state index is 10.9. The van der Waals surface area contributed by atoms with Crippen molar-refractivity contribution in [1.82, 2.24) is 4.98 Å². The molecule has 1 aliphatic rings. The third-order valence-electron chi connectivity index (χ3n) is 3.51. The monoisotopic (exact) mass is 289 g/mol. The van der Waals surface area contributed by atoms with Gasteiger partial charge in [0.1, 0.15) is 5.82 Å². The van der Waals surface area contributed by atoms with Crippen LogP contribution in [0.2, 0.25) is 0 Å². The van der Waals surface area contributed by atoms with E-state index in [0.717, 1.165) is 0 Å². The topological polar surface area (TPSA) is 68.1 Å². The van der Waals surface area contributed by atoms with E-state index >= 15 is 0 Å². The molecule has 104 valence electrons. The Labute approximate surface area is 120 Å². The van der Waals surface area contributed by atoms with Crippen molar-refractivity contribution < 1.29 is 4.92 Å². The second kappa shape index (κ2) is 5.20. The van der Waals surface area contributed by atoms with Crippen molar-refractivity contribution >= 4 is 22.8 Å². The lowest BCUT2D eigenvalue weighted by Gasteiger charge is -2.05. The van der Waals surface area contributed by atoms with Gasteiger partial charge in [0.2, 0.25) is 0 Å². The fraction of sp³-hybridized carbons (Fsp3) is 0.357. The summed E-state index contributed by atoms with van der Waals surface area (Å²) >= 11 is 1.83. The Morgan fingerprint density at radius 1 is 1.45 bits per heavy atom. The molecular weight excluding hydrogens is 274 g/mol. The fourth-order valence-corrected chi connectivity index (χ4v) is 3.66. The molecule has 0 saturated carbocycles. The van der Waals surface area contributed by atoms with Gasteiger partial charge in [0.15, 0.2) is 0 Å². The van der Waals surface area contributed by atoms with Gasteiger partial charge in [-0.15, -0.1) is 11.3 Å². The summed E-state index contributed by atoms with van der Waals surface area (Å²) in [5, 5.41) is 14.1. The highest BCUT2D eigenvalue weighted by molar-refractivity contribution is 7.12. The van der Waals surface area contributed by atoms with E-state index in [1.165, 1.54) is 46.8 Å². The van der Waals surface area contributed by atoms with Crippen LogP contribution in [0.5, 0.6) is 0 Å². The normalized spacial score (nSPS) is 13.2. The minimum Gasteiger partial charge on any atom is -0.365 e. The van der Waals surface area contributed by atoms with Crippen molar-refractivity contribution in [2.24, 2.45) is 0 Å². The molecular formula is C14H15N3O2S.